The number of ether oxygens (including phenoxy) is 1. The molecule has 150 valence electrons. The number of hydrogen-bond donors (Lipinski definition) is 1. The lowest BCUT2D eigenvalue weighted by atomic mass is 10.0. The standard InChI is InChI=1S/C23H29NO3S/c1-17(2)15-18-7-9-20(10-8-18)28-22-6-4-3-5-21(22)27-19-11-13-24(14-12-19)16-23(25)26/h3-10,17,19H,11-16H2,1-2H3,(H,25,26). The van der Waals surface area contributed by atoms with Crippen LogP contribution in [0.25, 0.3) is 0 Å². The van der Waals surface area contributed by atoms with Crippen LogP contribution in [-0.2, 0) is 11.2 Å². The van der Waals surface area contributed by atoms with Crippen molar-refractivity contribution in [2.75, 3.05) is 19.6 Å². The molecule has 1 aliphatic rings. The molecule has 0 atom stereocenters. The molecule has 2 aromatic rings. The number of piperidine rings is 1. The molecular weight excluding hydrogens is 370 g/mol. The minimum Gasteiger partial charge on any atom is -0.489 e. The summed E-state index contributed by atoms with van der Waals surface area (Å²) in [5.74, 6) is 0.811. The molecule has 4 nitrogen and oxygen atoms in total. The second-order valence-electron chi connectivity index (χ2n) is 7.78. The van der Waals surface area contributed by atoms with Gasteiger partial charge in [-0.1, -0.05) is 49.9 Å². The molecule has 0 radical (unpaired) electrons. The van der Waals surface area contributed by atoms with E-state index in [0.29, 0.717) is 5.92 Å². The van der Waals surface area contributed by atoms with E-state index in [1.165, 1.54) is 10.5 Å². The Morgan fingerprint density at radius 3 is 2.46 bits per heavy atom. The van der Waals surface area contributed by atoms with E-state index in [0.717, 1.165) is 43.0 Å². The Labute approximate surface area is 171 Å². The van der Waals surface area contributed by atoms with Crippen LogP contribution >= 0.6 is 11.8 Å². The molecule has 0 unspecified atom stereocenters. The maximum absolute atomic E-state index is 10.9. The summed E-state index contributed by atoms with van der Waals surface area (Å²) in [7, 11) is 0. The maximum atomic E-state index is 10.9. The van der Waals surface area contributed by atoms with E-state index in [2.05, 4.69) is 44.2 Å². The molecule has 1 N–H and O–H groups in total. The molecule has 1 aliphatic heterocycles. The number of benzene rings is 2. The van der Waals surface area contributed by atoms with Crippen LogP contribution < -0.4 is 4.74 Å². The topological polar surface area (TPSA) is 49.8 Å². The van der Waals surface area contributed by atoms with Gasteiger partial charge in [0, 0.05) is 18.0 Å². The number of carboxylic acid groups (broad SMARTS) is 1. The van der Waals surface area contributed by atoms with Gasteiger partial charge in [0.2, 0.25) is 0 Å². The number of hydrogen-bond acceptors (Lipinski definition) is 4. The molecule has 2 aromatic carbocycles. The minimum absolute atomic E-state index is 0.117. The number of carboxylic acids is 1. The van der Waals surface area contributed by atoms with Crippen LogP contribution in [0.4, 0.5) is 0 Å². The first-order valence-electron chi connectivity index (χ1n) is 9.96. The Kier molecular flexibility index (Phi) is 7.40. The van der Waals surface area contributed by atoms with Crippen molar-refractivity contribution in [1.82, 2.24) is 4.90 Å². The fourth-order valence-corrected chi connectivity index (χ4v) is 4.37. The van der Waals surface area contributed by atoms with Crippen molar-refractivity contribution in [2.45, 2.75) is 49.0 Å². The van der Waals surface area contributed by atoms with Gasteiger partial charge in [-0.3, -0.25) is 9.69 Å². The lowest BCUT2D eigenvalue weighted by molar-refractivity contribution is -0.138. The Hall–Kier alpha value is -1.98. The second kappa shape index (κ2) is 9.99. The summed E-state index contributed by atoms with van der Waals surface area (Å²) >= 11 is 1.73. The predicted octanol–water partition coefficient (Wildman–Crippen LogP) is 4.96. The normalized spacial score (nSPS) is 15.7. The highest BCUT2D eigenvalue weighted by molar-refractivity contribution is 7.99. The molecule has 0 spiro atoms. The van der Waals surface area contributed by atoms with Gasteiger partial charge in [0.05, 0.1) is 11.4 Å². The van der Waals surface area contributed by atoms with E-state index in [9.17, 15) is 4.79 Å². The van der Waals surface area contributed by atoms with Crippen molar-refractivity contribution in [1.29, 1.82) is 0 Å². The van der Waals surface area contributed by atoms with E-state index in [4.69, 9.17) is 9.84 Å². The third kappa shape index (κ3) is 6.28. The van der Waals surface area contributed by atoms with E-state index < -0.39 is 5.97 Å². The third-order valence-electron chi connectivity index (χ3n) is 4.83. The van der Waals surface area contributed by atoms with Gasteiger partial charge in [0.1, 0.15) is 11.9 Å². The van der Waals surface area contributed by atoms with E-state index in [1.807, 2.05) is 23.1 Å². The molecule has 1 fully saturated rings. The zero-order valence-corrected chi connectivity index (χ0v) is 17.5. The lowest BCUT2D eigenvalue weighted by Gasteiger charge is -2.31. The predicted molar refractivity (Wildman–Crippen MR) is 113 cm³/mol. The lowest BCUT2D eigenvalue weighted by Crippen LogP contribution is -2.40. The summed E-state index contributed by atoms with van der Waals surface area (Å²) in [5.41, 5.74) is 1.37. The summed E-state index contributed by atoms with van der Waals surface area (Å²) in [6.45, 7) is 6.13. The van der Waals surface area contributed by atoms with Gasteiger partial charge in [-0.15, -0.1) is 0 Å². The molecule has 0 saturated carbocycles. The van der Waals surface area contributed by atoms with Crippen molar-refractivity contribution < 1.29 is 14.6 Å². The molecule has 0 bridgehead atoms. The first-order chi connectivity index (χ1) is 13.5. The quantitative estimate of drug-likeness (QED) is 0.680. The van der Waals surface area contributed by atoms with Gasteiger partial charge >= 0.3 is 5.97 Å². The van der Waals surface area contributed by atoms with Crippen LogP contribution in [0.15, 0.2) is 58.3 Å². The van der Waals surface area contributed by atoms with Crippen LogP contribution in [-0.4, -0.2) is 41.7 Å². The molecule has 0 aliphatic carbocycles. The smallest absolute Gasteiger partial charge is 0.317 e. The maximum Gasteiger partial charge on any atom is 0.317 e. The number of aliphatic carboxylic acids is 1. The first kappa shape index (κ1) is 20.7. The van der Waals surface area contributed by atoms with E-state index in [-0.39, 0.29) is 12.6 Å². The average molecular weight is 400 g/mol. The number of para-hydroxylation sites is 1. The number of rotatable bonds is 8. The molecule has 0 aromatic heterocycles. The summed E-state index contributed by atoms with van der Waals surface area (Å²) < 4.78 is 6.29. The van der Waals surface area contributed by atoms with Gasteiger partial charge in [0.25, 0.3) is 0 Å². The van der Waals surface area contributed by atoms with Crippen molar-refractivity contribution in [2.24, 2.45) is 5.92 Å². The number of nitrogens with zero attached hydrogens (tertiary/aromatic N) is 1. The minimum atomic E-state index is -0.763. The Bertz CT molecular complexity index is 768. The Balaban J connectivity index is 1.60. The van der Waals surface area contributed by atoms with Crippen LogP contribution in [0.5, 0.6) is 5.75 Å². The van der Waals surface area contributed by atoms with Crippen LogP contribution in [0.3, 0.4) is 0 Å². The van der Waals surface area contributed by atoms with Gasteiger partial charge in [-0.05, 0) is 55.0 Å². The second-order valence-corrected chi connectivity index (χ2v) is 8.89. The highest BCUT2D eigenvalue weighted by atomic mass is 32.2. The molecule has 28 heavy (non-hydrogen) atoms. The van der Waals surface area contributed by atoms with Gasteiger partial charge in [-0.2, -0.15) is 0 Å². The van der Waals surface area contributed by atoms with Crippen molar-refractivity contribution in [3.8, 4) is 5.75 Å². The van der Waals surface area contributed by atoms with Crippen molar-refractivity contribution in [3.05, 3.63) is 54.1 Å². The molecule has 1 saturated heterocycles. The first-order valence-corrected chi connectivity index (χ1v) is 10.8. The van der Waals surface area contributed by atoms with Crippen LogP contribution in [0, 0.1) is 5.92 Å². The monoisotopic (exact) mass is 399 g/mol. The largest absolute Gasteiger partial charge is 0.489 e. The number of likely N-dealkylation sites (tertiary alicyclic amines) is 1. The highest BCUT2D eigenvalue weighted by Crippen LogP contribution is 2.36. The summed E-state index contributed by atoms with van der Waals surface area (Å²) in [5, 5.41) is 8.93. The molecule has 3 rings (SSSR count). The SMILES string of the molecule is CC(C)Cc1ccc(Sc2ccccc2OC2CCN(CC(=O)O)CC2)cc1. The van der Waals surface area contributed by atoms with E-state index in [1.54, 1.807) is 11.8 Å². The molecule has 0 amide bonds. The fourth-order valence-electron chi connectivity index (χ4n) is 3.48. The summed E-state index contributed by atoms with van der Waals surface area (Å²) in [6, 6.07) is 17.0. The molecular formula is C23H29NO3S. The van der Waals surface area contributed by atoms with Crippen LogP contribution in [0.1, 0.15) is 32.3 Å². The third-order valence-corrected chi connectivity index (χ3v) is 5.90. The fraction of sp³-hybridized carbons (Fsp3) is 0.435. The van der Waals surface area contributed by atoms with Gasteiger partial charge in [0.15, 0.2) is 0 Å². The Morgan fingerprint density at radius 2 is 1.82 bits per heavy atom. The zero-order chi connectivity index (χ0) is 19.9. The highest BCUT2D eigenvalue weighted by Gasteiger charge is 2.22. The summed E-state index contributed by atoms with van der Waals surface area (Å²) in [4.78, 5) is 15.2. The molecule has 1 heterocycles. The van der Waals surface area contributed by atoms with Crippen molar-refractivity contribution in [3.63, 3.8) is 0 Å². The van der Waals surface area contributed by atoms with Gasteiger partial charge in [-0.25, -0.2) is 0 Å². The van der Waals surface area contributed by atoms with Gasteiger partial charge < -0.3 is 9.84 Å². The summed E-state index contributed by atoms with van der Waals surface area (Å²) in [6.07, 6.45) is 2.96. The average Bonchev–Trinajstić information content (AvgIpc) is 2.66. The zero-order valence-electron chi connectivity index (χ0n) is 16.6. The molecule has 5 heteroatoms. The van der Waals surface area contributed by atoms with Crippen molar-refractivity contribution >= 4 is 17.7 Å². The van der Waals surface area contributed by atoms with E-state index >= 15 is 0 Å². The Morgan fingerprint density at radius 1 is 1.14 bits per heavy atom. The van der Waals surface area contributed by atoms with Crippen LogP contribution in [0.2, 0.25) is 0 Å². The number of carbonyl (C=O) groups is 1.